The molecule has 1 heterocycles. The van der Waals surface area contributed by atoms with Crippen LogP contribution in [-0.2, 0) is 0 Å². The highest BCUT2D eigenvalue weighted by Crippen LogP contribution is 2.20. The molecular weight excluding hydrogens is 232 g/mol. The number of aromatic nitrogens is 2. The molecule has 0 aliphatic heterocycles. The Hall–Kier alpha value is -1.93. The average Bonchev–Trinajstić information content (AvgIpc) is 2.39. The summed E-state index contributed by atoms with van der Waals surface area (Å²) in [4.78, 5) is 8.87. The van der Waals surface area contributed by atoms with Crippen LogP contribution in [0.4, 0.5) is 0 Å². The van der Waals surface area contributed by atoms with Crippen molar-refractivity contribution in [2.45, 2.75) is 0 Å². The second kappa shape index (κ2) is 4.15. The molecule has 3 heteroatoms. The summed E-state index contributed by atoms with van der Waals surface area (Å²) in [5, 5.41) is 1.66. The van der Waals surface area contributed by atoms with Crippen molar-refractivity contribution in [2.75, 3.05) is 0 Å². The van der Waals surface area contributed by atoms with Gasteiger partial charge in [-0.3, -0.25) is 0 Å². The molecule has 0 radical (unpaired) electrons. The largest absolute Gasteiger partial charge is 0.236 e. The van der Waals surface area contributed by atoms with E-state index in [2.05, 4.69) is 9.97 Å². The third-order valence-electron chi connectivity index (χ3n) is 2.57. The molecule has 0 atom stereocenters. The Kier molecular flexibility index (Phi) is 2.50. The van der Waals surface area contributed by atoms with Gasteiger partial charge in [0.05, 0.1) is 5.52 Å². The summed E-state index contributed by atoms with van der Waals surface area (Å²) < 4.78 is 0. The third kappa shape index (κ3) is 1.99. The maximum atomic E-state index is 5.92. The van der Waals surface area contributed by atoms with Crippen LogP contribution in [0.3, 0.4) is 0 Å². The first-order chi connectivity index (χ1) is 8.33. The smallest absolute Gasteiger partial charge is 0.159 e. The fourth-order valence-corrected chi connectivity index (χ4v) is 1.91. The number of halogens is 1. The predicted octanol–water partition coefficient (Wildman–Crippen LogP) is 3.95. The molecule has 2 aromatic carbocycles. The van der Waals surface area contributed by atoms with Gasteiger partial charge >= 0.3 is 0 Å². The molecule has 3 aromatic rings. The van der Waals surface area contributed by atoms with Crippen molar-refractivity contribution in [1.29, 1.82) is 0 Å². The summed E-state index contributed by atoms with van der Waals surface area (Å²) in [6.07, 6.45) is 1.80. The van der Waals surface area contributed by atoms with Gasteiger partial charge in [-0.15, -0.1) is 0 Å². The lowest BCUT2D eigenvalue weighted by molar-refractivity contribution is 1.23. The Morgan fingerprint density at radius 1 is 0.941 bits per heavy atom. The minimum atomic E-state index is 0.702. The molecule has 0 amide bonds. The minimum absolute atomic E-state index is 0.702. The average molecular weight is 241 g/mol. The molecule has 1 aromatic heterocycles. The summed E-state index contributed by atoms with van der Waals surface area (Å²) >= 11 is 5.92. The van der Waals surface area contributed by atoms with Gasteiger partial charge in [-0.25, -0.2) is 9.97 Å². The highest BCUT2D eigenvalue weighted by molar-refractivity contribution is 6.31. The normalized spacial score (nSPS) is 10.6. The maximum absolute atomic E-state index is 5.92. The van der Waals surface area contributed by atoms with E-state index < -0.39 is 0 Å². The van der Waals surface area contributed by atoms with E-state index >= 15 is 0 Å². The van der Waals surface area contributed by atoms with Gasteiger partial charge in [-0.05, 0) is 18.2 Å². The first-order valence-corrected chi connectivity index (χ1v) is 5.68. The molecule has 0 unspecified atom stereocenters. The van der Waals surface area contributed by atoms with Crippen LogP contribution >= 0.6 is 11.6 Å². The van der Waals surface area contributed by atoms with Gasteiger partial charge in [0.1, 0.15) is 0 Å². The van der Waals surface area contributed by atoms with Crippen LogP contribution in [0.2, 0.25) is 5.02 Å². The molecule has 0 bridgehead atoms. The highest BCUT2D eigenvalue weighted by atomic mass is 35.5. The predicted molar refractivity (Wildman–Crippen MR) is 70.0 cm³/mol. The van der Waals surface area contributed by atoms with E-state index in [9.17, 15) is 0 Å². The van der Waals surface area contributed by atoms with Crippen LogP contribution in [0.15, 0.2) is 54.7 Å². The van der Waals surface area contributed by atoms with E-state index in [0.717, 1.165) is 22.3 Å². The summed E-state index contributed by atoms with van der Waals surface area (Å²) in [6.45, 7) is 0. The Bertz CT molecular complexity index is 665. The fraction of sp³-hybridized carbons (Fsp3) is 0. The zero-order valence-corrected chi connectivity index (χ0v) is 9.72. The van der Waals surface area contributed by atoms with Crippen molar-refractivity contribution in [3.05, 3.63) is 59.8 Å². The maximum Gasteiger partial charge on any atom is 0.159 e. The second-order valence-electron chi connectivity index (χ2n) is 3.76. The van der Waals surface area contributed by atoms with E-state index in [1.165, 1.54) is 0 Å². The van der Waals surface area contributed by atoms with Crippen LogP contribution in [0, 0.1) is 0 Å². The lowest BCUT2D eigenvalue weighted by Crippen LogP contribution is -1.89. The zero-order valence-electron chi connectivity index (χ0n) is 8.97. The molecule has 0 saturated heterocycles. The number of nitrogens with zero attached hydrogens (tertiary/aromatic N) is 2. The number of rotatable bonds is 1. The number of benzene rings is 2. The second-order valence-corrected chi connectivity index (χ2v) is 4.20. The third-order valence-corrected chi connectivity index (χ3v) is 2.81. The molecule has 0 fully saturated rings. The first-order valence-electron chi connectivity index (χ1n) is 5.31. The zero-order chi connectivity index (χ0) is 11.7. The van der Waals surface area contributed by atoms with Gasteiger partial charge in [-0.2, -0.15) is 0 Å². The molecule has 0 saturated carbocycles. The number of fused-ring (bicyclic) bond motifs is 1. The first kappa shape index (κ1) is 10.2. The molecule has 3 rings (SSSR count). The van der Waals surface area contributed by atoms with Crippen molar-refractivity contribution < 1.29 is 0 Å². The van der Waals surface area contributed by atoms with Crippen molar-refractivity contribution >= 4 is 22.5 Å². The summed E-state index contributed by atoms with van der Waals surface area (Å²) in [6, 6.07) is 15.5. The molecule has 0 spiro atoms. The summed E-state index contributed by atoms with van der Waals surface area (Å²) in [7, 11) is 0. The molecule has 0 aliphatic rings. The Morgan fingerprint density at radius 2 is 1.76 bits per heavy atom. The van der Waals surface area contributed by atoms with Gasteiger partial charge in [0, 0.05) is 22.2 Å². The SMILES string of the molecule is Clc1ccc2nc(-c3ccccc3)ncc2c1. The van der Waals surface area contributed by atoms with Crippen LogP contribution in [0.5, 0.6) is 0 Å². The van der Waals surface area contributed by atoms with E-state index in [1.54, 1.807) is 6.20 Å². The lowest BCUT2D eigenvalue weighted by atomic mass is 10.2. The topological polar surface area (TPSA) is 25.8 Å². The van der Waals surface area contributed by atoms with Gasteiger partial charge < -0.3 is 0 Å². The Labute approximate surface area is 104 Å². The van der Waals surface area contributed by atoms with Gasteiger partial charge in [0.2, 0.25) is 0 Å². The van der Waals surface area contributed by atoms with E-state index in [-0.39, 0.29) is 0 Å². The van der Waals surface area contributed by atoms with E-state index in [0.29, 0.717) is 5.02 Å². The molecule has 2 nitrogen and oxygen atoms in total. The quantitative estimate of drug-likeness (QED) is 0.644. The van der Waals surface area contributed by atoms with Crippen molar-refractivity contribution in [2.24, 2.45) is 0 Å². The molecule has 0 N–H and O–H groups in total. The van der Waals surface area contributed by atoms with Crippen LogP contribution < -0.4 is 0 Å². The Morgan fingerprint density at radius 3 is 2.59 bits per heavy atom. The van der Waals surface area contributed by atoms with Crippen molar-refractivity contribution in [3.63, 3.8) is 0 Å². The molecule has 0 aliphatic carbocycles. The number of hydrogen-bond donors (Lipinski definition) is 0. The van der Waals surface area contributed by atoms with Crippen LogP contribution in [0.25, 0.3) is 22.3 Å². The standard InChI is InChI=1S/C14H9ClN2/c15-12-6-7-13-11(8-12)9-16-14(17-13)10-4-2-1-3-5-10/h1-9H. The monoisotopic (exact) mass is 240 g/mol. The minimum Gasteiger partial charge on any atom is -0.236 e. The highest BCUT2D eigenvalue weighted by Gasteiger charge is 2.02. The van der Waals surface area contributed by atoms with Gasteiger partial charge in [-0.1, -0.05) is 41.9 Å². The van der Waals surface area contributed by atoms with Crippen molar-refractivity contribution in [3.8, 4) is 11.4 Å². The summed E-state index contributed by atoms with van der Waals surface area (Å²) in [5.74, 6) is 0.737. The fourth-order valence-electron chi connectivity index (χ4n) is 1.73. The van der Waals surface area contributed by atoms with Crippen LogP contribution in [-0.4, -0.2) is 9.97 Å². The molecule has 17 heavy (non-hydrogen) atoms. The van der Waals surface area contributed by atoms with Gasteiger partial charge in [0.25, 0.3) is 0 Å². The van der Waals surface area contributed by atoms with E-state index in [1.807, 2.05) is 48.5 Å². The van der Waals surface area contributed by atoms with E-state index in [4.69, 9.17) is 11.6 Å². The number of hydrogen-bond acceptors (Lipinski definition) is 2. The van der Waals surface area contributed by atoms with Crippen molar-refractivity contribution in [1.82, 2.24) is 9.97 Å². The summed E-state index contributed by atoms with van der Waals surface area (Å²) in [5.41, 5.74) is 1.92. The Balaban J connectivity index is 2.17. The molecule has 82 valence electrons. The van der Waals surface area contributed by atoms with Crippen LogP contribution in [0.1, 0.15) is 0 Å². The molecular formula is C14H9ClN2. The van der Waals surface area contributed by atoms with Gasteiger partial charge in [0.15, 0.2) is 5.82 Å². The lowest BCUT2D eigenvalue weighted by Gasteiger charge is -2.02.